The highest BCUT2D eigenvalue weighted by atomic mass is 79.9. The molecular formula is C25H34BrN3O4S. The summed E-state index contributed by atoms with van der Waals surface area (Å²) in [6, 6.07) is 15.8. The molecule has 2 rings (SSSR count). The summed E-state index contributed by atoms with van der Waals surface area (Å²) in [5.41, 5.74) is 1.40. The Labute approximate surface area is 211 Å². The molecule has 0 heterocycles. The van der Waals surface area contributed by atoms with Gasteiger partial charge in [-0.3, -0.25) is 13.9 Å². The molecule has 34 heavy (non-hydrogen) atoms. The van der Waals surface area contributed by atoms with Crippen LogP contribution < -0.4 is 9.62 Å². The molecule has 0 saturated carbocycles. The van der Waals surface area contributed by atoms with Crippen molar-refractivity contribution in [3.05, 3.63) is 64.6 Å². The number of hydrogen-bond acceptors (Lipinski definition) is 4. The normalized spacial score (nSPS) is 13.1. The zero-order valence-electron chi connectivity index (χ0n) is 20.2. The smallest absolute Gasteiger partial charge is 0.244 e. The van der Waals surface area contributed by atoms with Crippen molar-refractivity contribution in [3.63, 3.8) is 0 Å². The Morgan fingerprint density at radius 3 is 2.18 bits per heavy atom. The van der Waals surface area contributed by atoms with E-state index < -0.39 is 28.5 Å². The Kier molecular flexibility index (Phi) is 10.6. The van der Waals surface area contributed by atoms with Gasteiger partial charge in [-0.15, -0.1) is 0 Å². The largest absolute Gasteiger partial charge is 0.352 e. The summed E-state index contributed by atoms with van der Waals surface area (Å²) in [6.45, 7) is 5.64. The number of nitrogens with one attached hydrogen (secondary N) is 1. The topological polar surface area (TPSA) is 86.8 Å². The number of rotatable bonds is 12. The van der Waals surface area contributed by atoms with Crippen LogP contribution in [0.1, 0.15) is 39.2 Å². The zero-order chi connectivity index (χ0) is 25.3. The number of benzene rings is 2. The summed E-state index contributed by atoms with van der Waals surface area (Å²) in [5.74, 6) is -0.659. The number of amides is 2. The Morgan fingerprint density at radius 2 is 1.62 bits per heavy atom. The third-order valence-electron chi connectivity index (χ3n) is 5.67. The minimum absolute atomic E-state index is 0.0274. The van der Waals surface area contributed by atoms with Gasteiger partial charge in [-0.05, 0) is 59.8 Å². The maximum Gasteiger partial charge on any atom is 0.244 e. The van der Waals surface area contributed by atoms with Crippen molar-refractivity contribution in [1.82, 2.24) is 10.2 Å². The third kappa shape index (κ3) is 7.84. The lowest BCUT2D eigenvalue weighted by Crippen LogP contribution is -2.54. The predicted molar refractivity (Wildman–Crippen MR) is 140 cm³/mol. The van der Waals surface area contributed by atoms with Crippen LogP contribution in [0.15, 0.2) is 59.1 Å². The Balaban J connectivity index is 2.37. The van der Waals surface area contributed by atoms with Crippen molar-refractivity contribution < 1.29 is 18.0 Å². The van der Waals surface area contributed by atoms with Crippen LogP contribution in [0.4, 0.5) is 5.69 Å². The van der Waals surface area contributed by atoms with Crippen molar-refractivity contribution in [1.29, 1.82) is 0 Å². The van der Waals surface area contributed by atoms with E-state index in [0.717, 1.165) is 22.5 Å². The van der Waals surface area contributed by atoms with Crippen LogP contribution in [0.3, 0.4) is 0 Å². The average Bonchev–Trinajstić information content (AvgIpc) is 2.80. The van der Waals surface area contributed by atoms with Crippen LogP contribution in [0, 0.1) is 0 Å². The molecule has 0 aliphatic rings. The van der Waals surface area contributed by atoms with Gasteiger partial charge in [0.2, 0.25) is 21.8 Å². The van der Waals surface area contributed by atoms with Crippen LogP contribution >= 0.6 is 15.9 Å². The van der Waals surface area contributed by atoms with Crippen LogP contribution in [0.2, 0.25) is 0 Å². The van der Waals surface area contributed by atoms with Gasteiger partial charge in [-0.25, -0.2) is 8.42 Å². The van der Waals surface area contributed by atoms with Gasteiger partial charge in [-0.1, -0.05) is 56.3 Å². The average molecular weight is 553 g/mol. The van der Waals surface area contributed by atoms with Gasteiger partial charge in [0.25, 0.3) is 0 Å². The monoisotopic (exact) mass is 551 g/mol. The van der Waals surface area contributed by atoms with E-state index in [-0.39, 0.29) is 11.9 Å². The standard InChI is InChI=1S/C25H34BrN3O4S/c1-5-19(3)27-25(31)22(6-2)28(17-16-20-12-8-7-9-13-20)24(30)18-29(34(4,32)33)23-15-11-10-14-21(23)26/h7-15,19,22H,5-6,16-18H2,1-4H3,(H,27,31)/t19-,22+/m0/s1. The first kappa shape index (κ1) is 27.9. The molecule has 0 radical (unpaired) electrons. The number of nitrogens with zero attached hydrogens (tertiary/aromatic N) is 2. The summed E-state index contributed by atoms with van der Waals surface area (Å²) in [6.07, 6.45) is 2.80. The van der Waals surface area contributed by atoms with E-state index in [2.05, 4.69) is 21.2 Å². The number of halogens is 1. The number of anilines is 1. The van der Waals surface area contributed by atoms with Gasteiger partial charge in [0, 0.05) is 17.1 Å². The van der Waals surface area contributed by atoms with E-state index in [4.69, 9.17) is 0 Å². The molecule has 0 saturated heterocycles. The second-order valence-corrected chi connectivity index (χ2v) is 11.0. The lowest BCUT2D eigenvalue weighted by Gasteiger charge is -2.33. The fourth-order valence-electron chi connectivity index (χ4n) is 3.59. The highest BCUT2D eigenvalue weighted by molar-refractivity contribution is 9.10. The molecule has 0 aliphatic carbocycles. The highest BCUT2D eigenvalue weighted by Gasteiger charge is 2.32. The van der Waals surface area contributed by atoms with Crippen LogP contribution in [-0.4, -0.2) is 56.6 Å². The molecule has 0 unspecified atom stereocenters. The maximum atomic E-state index is 13.6. The van der Waals surface area contributed by atoms with Gasteiger partial charge in [0.1, 0.15) is 12.6 Å². The minimum Gasteiger partial charge on any atom is -0.352 e. The third-order valence-corrected chi connectivity index (χ3v) is 7.47. The molecule has 0 aliphatic heterocycles. The van der Waals surface area contributed by atoms with Crippen LogP contribution in [0.25, 0.3) is 0 Å². The molecule has 7 nitrogen and oxygen atoms in total. The number of hydrogen-bond donors (Lipinski definition) is 1. The fraction of sp³-hybridized carbons (Fsp3) is 0.440. The van der Waals surface area contributed by atoms with Gasteiger partial charge in [-0.2, -0.15) is 0 Å². The quantitative estimate of drug-likeness (QED) is 0.432. The fourth-order valence-corrected chi connectivity index (χ4v) is 5.06. The molecule has 9 heteroatoms. The second-order valence-electron chi connectivity index (χ2n) is 8.29. The first-order valence-corrected chi connectivity index (χ1v) is 14.1. The summed E-state index contributed by atoms with van der Waals surface area (Å²) < 4.78 is 26.9. The van der Waals surface area contributed by atoms with Gasteiger partial charge >= 0.3 is 0 Å². The number of carbonyl (C=O) groups is 2. The molecule has 2 aromatic rings. The van der Waals surface area contributed by atoms with Crippen molar-refractivity contribution in [3.8, 4) is 0 Å². The van der Waals surface area contributed by atoms with Gasteiger partial charge in [0.05, 0.1) is 11.9 Å². The highest BCUT2D eigenvalue weighted by Crippen LogP contribution is 2.28. The van der Waals surface area contributed by atoms with E-state index in [1.54, 1.807) is 24.3 Å². The molecule has 0 aromatic heterocycles. The number of para-hydroxylation sites is 1. The maximum absolute atomic E-state index is 13.6. The molecule has 1 N–H and O–H groups in total. The van der Waals surface area contributed by atoms with Crippen LogP contribution in [0.5, 0.6) is 0 Å². The Bertz CT molecular complexity index is 1060. The van der Waals surface area contributed by atoms with E-state index in [1.165, 1.54) is 4.90 Å². The van der Waals surface area contributed by atoms with Crippen LogP contribution in [-0.2, 0) is 26.0 Å². The van der Waals surface area contributed by atoms with E-state index in [1.807, 2.05) is 51.1 Å². The minimum atomic E-state index is -3.76. The van der Waals surface area contributed by atoms with E-state index in [9.17, 15) is 18.0 Å². The summed E-state index contributed by atoms with van der Waals surface area (Å²) >= 11 is 3.38. The first-order chi connectivity index (χ1) is 16.1. The van der Waals surface area contributed by atoms with E-state index in [0.29, 0.717) is 29.5 Å². The molecule has 2 amide bonds. The number of carbonyl (C=O) groups excluding carboxylic acids is 2. The SMILES string of the molecule is CC[C@H](C(=O)N[C@@H](C)CC)N(CCc1ccccc1)C(=O)CN(c1ccccc1Br)S(C)(=O)=O. The summed E-state index contributed by atoms with van der Waals surface area (Å²) in [7, 11) is -3.76. The van der Waals surface area contributed by atoms with Gasteiger partial charge in [0.15, 0.2) is 0 Å². The zero-order valence-corrected chi connectivity index (χ0v) is 22.6. The molecule has 186 valence electrons. The molecule has 0 spiro atoms. The predicted octanol–water partition coefficient (Wildman–Crippen LogP) is 3.98. The van der Waals surface area contributed by atoms with Crippen molar-refractivity contribution in [2.45, 2.75) is 52.1 Å². The van der Waals surface area contributed by atoms with Crippen molar-refractivity contribution >= 4 is 43.5 Å². The Hall–Kier alpha value is -2.39. The van der Waals surface area contributed by atoms with Crippen molar-refractivity contribution in [2.24, 2.45) is 0 Å². The van der Waals surface area contributed by atoms with E-state index >= 15 is 0 Å². The van der Waals surface area contributed by atoms with Crippen molar-refractivity contribution in [2.75, 3.05) is 23.7 Å². The molecule has 2 atom stereocenters. The molecule has 0 bridgehead atoms. The lowest BCUT2D eigenvalue weighted by molar-refractivity contribution is -0.139. The number of sulfonamides is 1. The van der Waals surface area contributed by atoms with Gasteiger partial charge < -0.3 is 10.2 Å². The summed E-state index contributed by atoms with van der Waals surface area (Å²) in [4.78, 5) is 28.2. The Morgan fingerprint density at radius 1 is 1.00 bits per heavy atom. The molecule has 0 fully saturated rings. The molecule has 2 aromatic carbocycles. The molecular weight excluding hydrogens is 518 g/mol. The first-order valence-electron chi connectivity index (χ1n) is 11.4. The second kappa shape index (κ2) is 12.9. The lowest BCUT2D eigenvalue weighted by atomic mass is 10.1. The summed E-state index contributed by atoms with van der Waals surface area (Å²) in [5, 5.41) is 2.97.